The van der Waals surface area contributed by atoms with Crippen LogP contribution in [0.1, 0.15) is 33.6 Å². The first-order valence-electron chi connectivity index (χ1n) is 9.07. The molecule has 1 saturated heterocycles. The zero-order valence-electron chi connectivity index (χ0n) is 15.2. The lowest BCUT2D eigenvalue weighted by Crippen LogP contribution is -2.40. The average molecular weight is 350 g/mol. The molecule has 0 spiro atoms. The summed E-state index contributed by atoms with van der Waals surface area (Å²) in [5.74, 6) is 2.53. The number of benzene rings is 1. The third-order valence-corrected chi connectivity index (χ3v) is 4.55. The summed E-state index contributed by atoms with van der Waals surface area (Å²) in [4.78, 5) is 2.59. The van der Waals surface area contributed by atoms with E-state index in [1.807, 2.05) is 31.2 Å². The maximum Gasteiger partial charge on any atom is 0.170 e. The second kappa shape index (κ2) is 9.84. The first kappa shape index (κ1) is 19.0. The molecule has 0 aromatic heterocycles. The van der Waals surface area contributed by atoms with Gasteiger partial charge in [-0.15, -0.1) is 0 Å². The van der Waals surface area contributed by atoms with Crippen molar-refractivity contribution in [3.05, 3.63) is 24.3 Å². The Kier molecular flexibility index (Phi) is 7.79. The lowest BCUT2D eigenvalue weighted by Gasteiger charge is -2.34. The minimum Gasteiger partial charge on any atom is -0.494 e. The molecule has 1 fully saturated rings. The molecule has 0 amide bonds. The molecule has 5 heteroatoms. The molecule has 24 heavy (non-hydrogen) atoms. The number of hydrogen-bond acceptors (Lipinski definition) is 3. The summed E-state index contributed by atoms with van der Waals surface area (Å²) in [6.07, 6.45) is 2.48. The van der Waals surface area contributed by atoms with Crippen LogP contribution in [0, 0.1) is 11.8 Å². The van der Waals surface area contributed by atoms with E-state index >= 15 is 0 Å². The minimum atomic E-state index is 0.680. The standard InChI is InChI=1S/C19H31N3OS/c1-4-23-18-8-6-17(7-9-18)21-19(24)20-10-5-11-22-13-15(2)12-16(3)14-22/h6-9,15-16H,4-5,10-14H2,1-3H3,(H2,20,21,24)/t15-,16+. The Bertz CT molecular complexity index is 496. The predicted molar refractivity (Wildman–Crippen MR) is 106 cm³/mol. The van der Waals surface area contributed by atoms with Crippen LogP contribution in [0.5, 0.6) is 5.75 Å². The number of thiocarbonyl (C=S) groups is 1. The number of nitrogens with one attached hydrogen (secondary N) is 2. The maximum atomic E-state index is 5.44. The van der Waals surface area contributed by atoms with Gasteiger partial charge in [-0.2, -0.15) is 0 Å². The SMILES string of the molecule is CCOc1ccc(NC(=S)NCCCN2C[C@H](C)C[C@H](C)C2)cc1. The van der Waals surface area contributed by atoms with Crippen molar-refractivity contribution in [1.29, 1.82) is 0 Å². The molecule has 4 nitrogen and oxygen atoms in total. The second-order valence-corrected chi connectivity index (χ2v) is 7.31. The van der Waals surface area contributed by atoms with Gasteiger partial charge in [0, 0.05) is 25.3 Å². The van der Waals surface area contributed by atoms with Crippen LogP contribution in [0.25, 0.3) is 0 Å². The van der Waals surface area contributed by atoms with Gasteiger partial charge in [0.1, 0.15) is 5.75 Å². The molecule has 0 unspecified atom stereocenters. The second-order valence-electron chi connectivity index (χ2n) is 6.90. The normalized spacial score (nSPS) is 21.3. The van der Waals surface area contributed by atoms with Crippen molar-refractivity contribution in [2.24, 2.45) is 11.8 Å². The van der Waals surface area contributed by atoms with Gasteiger partial charge in [0.05, 0.1) is 6.61 Å². The van der Waals surface area contributed by atoms with Gasteiger partial charge in [-0.05, 0) is 74.6 Å². The van der Waals surface area contributed by atoms with Crippen molar-refractivity contribution < 1.29 is 4.74 Å². The summed E-state index contributed by atoms with van der Waals surface area (Å²) in [7, 11) is 0. The molecule has 2 atom stereocenters. The van der Waals surface area contributed by atoms with Gasteiger partial charge in [-0.3, -0.25) is 0 Å². The van der Waals surface area contributed by atoms with Crippen molar-refractivity contribution in [3.63, 3.8) is 0 Å². The van der Waals surface area contributed by atoms with Crippen molar-refractivity contribution >= 4 is 23.0 Å². The molecular weight excluding hydrogens is 318 g/mol. The van der Waals surface area contributed by atoms with Gasteiger partial charge in [0.15, 0.2) is 5.11 Å². The van der Waals surface area contributed by atoms with E-state index in [0.29, 0.717) is 11.7 Å². The van der Waals surface area contributed by atoms with E-state index < -0.39 is 0 Å². The summed E-state index contributed by atoms with van der Waals surface area (Å²) in [6.45, 7) is 11.9. The Morgan fingerprint density at radius 3 is 2.50 bits per heavy atom. The molecule has 0 radical (unpaired) electrons. The largest absolute Gasteiger partial charge is 0.494 e. The van der Waals surface area contributed by atoms with Crippen LogP contribution in [0.3, 0.4) is 0 Å². The lowest BCUT2D eigenvalue weighted by molar-refractivity contribution is 0.140. The molecule has 2 N–H and O–H groups in total. The van der Waals surface area contributed by atoms with E-state index in [9.17, 15) is 0 Å². The van der Waals surface area contributed by atoms with Gasteiger partial charge in [-0.25, -0.2) is 0 Å². The Balaban J connectivity index is 1.62. The van der Waals surface area contributed by atoms with Gasteiger partial charge < -0.3 is 20.3 Å². The Labute approximate surface area is 152 Å². The highest BCUT2D eigenvalue weighted by atomic mass is 32.1. The van der Waals surface area contributed by atoms with Crippen LogP contribution in [0.15, 0.2) is 24.3 Å². The highest BCUT2D eigenvalue weighted by molar-refractivity contribution is 7.80. The van der Waals surface area contributed by atoms with Crippen LogP contribution < -0.4 is 15.4 Å². The zero-order chi connectivity index (χ0) is 17.4. The summed E-state index contributed by atoms with van der Waals surface area (Å²) < 4.78 is 5.44. The summed E-state index contributed by atoms with van der Waals surface area (Å²) in [6, 6.07) is 7.87. The van der Waals surface area contributed by atoms with E-state index in [4.69, 9.17) is 17.0 Å². The van der Waals surface area contributed by atoms with Gasteiger partial charge in [-0.1, -0.05) is 13.8 Å². The van der Waals surface area contributed by atoms with Crippen molar-refractivity contribution in [3.8, 4) is 5.75 Å². The highest BCUT2D eigenvalue weighted by Crippen LogP contribution is 2.20. The highest BCUT2D eigenvalue weighted by Gasteiger charge is 2.20. The molecule has 134 valence electrons. The van der Waals surface area contributed by atoms with E-state index in [0.717, 1.165) is 42.8 Å². The van der Waals surface area contributed by atoms with E-state index in [2.05, 4.69) is 29.4 Å². The molecule has 2 rings (SSSR count). The van der Waals surface area contributed by atoms with Crippen LogP contribution in [0.2, 0.25) is 0 Å². The van der Waals surface area contributed by atoms with Crippen molar-refractivity contribution in [1.82, 2.24) is 10.2 Å². The van der Waals surface area contributed by atoms with E-state index in [1.54, 1.807) is 0 Å². The van der Waals surface area contributed by atoms with Gasteiger partial charge >= 0.3 is 0 Å². The summed E-state index contributed by atoms with van der Waals surface area (Å²) in [5.41, 5.74) is 0.981. The molecule has 0 aliphatic carbocycles. The van der Waals surface area contributed by atoms with Gasteiger partial charge in [0.25, 0.3) is 0 Å². The number of likely N-dealkylation sites (tertiary alicyclic amines) is 1. The Morgan fingerprint density at radius 1 is 1.21 bits per heavy atom. The van der Waals surface area contributed by atoms with E-state index in [-0.39, 0.29) is 0 Å². The zero-order valence-corrected chi connectivity index (χ0v) is 16.0. The first-order chi connectivity index (χ1) is 11.6. The third-order valence-electron chi connectivity index (χ3n) is 4.30. The number of anilines is 1. The number of ether oxygens (including phenoxy) is 1. The monoisotopic (exact) mass is 349 g/mol. The lowest BCUT2D eigenvalue weighted by atomic mass is 9.92. The molecule has 0 saturated carbocycles. The molecule has 1 aliphatic heterocycles. The fraction of sp³-hybridized carbons (Fsp3) is 0.632. The smallest absolute Gasteiger partial charge is 0.170 e. The van der Waals surface area contributed by atoms with Crippen LogP contribution in [0.4, 0.5) is 5.69 Å². The van der Waals surface area contributed by atoms with Crippen LogP contribution in [-0.4, -0.2) is 42.8 Å². The average Bonchev–Trinajstić information content (AvgIpc) is 2.53. The Morgan fingerprint density at radius 2 is 1.88 bits per heavy atom. The fourth-order valence-corrected chi connectivity index (χ4v) is 3.68. The fourth-order valence-electron chi connectivity index (χ4n) is 3.46. The molecule has 1 heterocycles. The third kappa shape index (κ3) is 6.65. The molecule has 0 bridgehead atoms. The predicted octanol–water partition coefficient (Wildman–Crippen LogP) is 3.74. The van der Waals surface area contributed by atoms with Crippen molar-refractivity contribution in [2.45, 2.75) is 33.6 Å². The molecule has 1 aliphatic rings. The van der Waals surface area contributed by atoms with Crippen LogP contribution >= 0.6 is 12.2 Å². The first-order valence-corrected chi connectivity index (χ1v) is 9.47. The van der Waals surface area contributed by atoms with Gasteiger partial charge in [0.2, 0.25) is 0 Å². The van der Waals surface area contributed by atoms with Crippen molar-refractivity contribution in [2.75, 3.05) is 38.1 Å². The molecule has 1 aromatic carbocycles. The quantitative estimate of drug-likeness (QED) is 0.579. The van der Waals surface area contributed by atoms with Crippen LogP contribution in [-0.2, 0) is 0 Å². The topological polar surface area (TPSA) is 36.5 Å². The van der Waals surface area contributed by atoms with E-state index in [1.165, 1.54) is 19.5 Å². The maximum absolute atomic E-state index is 5.44. The number of nitrogens with zero attached hydrogens (tertiary/aromatic N) is 1. The number of piperidine rings is 1. The molecule has 1 aromatic rings. The summed E-state index contributed by atoms with van der Waals surface area (Å²) >= 11 is 5.36. The number of hydrogen-bond donors (Lipinski definition) is 2. The molecular formula is C19H31N3OS. The number of rotatable bonds is 7. The summed E-state index contributed by atoms with van der Waals surface area (Å²) in [5, 5.41) is 7.19. The minimum absolute atomic E-state index is 0.680. The Hall–Kier alpha value is -1.33.